The molecule has 0 aliphatic rings. The zero-order chi connectivity index (χ0) is 8.97. The Morgan fingerprint density at radius 3 is 2.31 bits per heavy atom. The molecular weight excluding hydrogens is 230 g/mol. The van der Waals surface area contributed by atoms with Gasteiger partial charge in [0.15, 0.2) is 0 Å². The summed E-state index contributed by atoms with van der Waals surface area (Å²) < 4.78 is 0. The van der Waals surface area contributed by atoms with Crippen molar-refractivity contribution in [3.05, 3.63) is 28.2 Å². The molecular formula is C8H9Cl3N2. The lowest BCUT2D eigenvalue weighted by atomic mass is 10.3. The Bertz CT molecular complexity index is 279. The van der Waals surface area contributed by atoms with Crippen molar-refractivity contribution < 1.29 is 0 Å². The average Bonchev–Trinajstić information content (AvgIpc) is 2.04. The Labute approximate surface area is 93.4 Å². The molecule has 0 radical (unpaired) electrons. The summed E-state index contributed by atoms with van der Waals surface area (Å²) in [6.07, 6.45) is 1.53. The van der Waals surface area contributed by atoms with Crippen LogP contribution in [-0.4, -0.2) is 13.4 Å². The fourth-order valence-corrected chi connectivity index (χ4v) is 1.27. The van der Waals surface area contributed by atoms with Crippen LogP contribution in [-0.2, 0) is 0 Å². The Kier molecular flexibility index (Phi) is 5.88. The van der Waals surface area contributed by atoms with Gasteiger partial charge in [0.2, 0.25) is 0 Å². The van der Waals surface area contributed by atoms with Crippen LogP contribution in [0.25, 0.3) is 0 Å². The van der Waals surface area contributed by atoms with Crippen LogP contribution >= 0.6 is 35.6 Å². The van der Waals surface area contributed by atoms with E-state index in [2.05, 4.69) is 10.3 Å². The summed E-state index contributed by atoms with van der Waals surface area (Å²) in [5.41, 5.74) is 0.687. The highest BCUT2D eigenvalue weighted by atomic mass is 35.5. The maximum Gasteiger partial charge on any atom is 0.0865 e. The molecule has 0 atom stereocenters. The summed E-state index contributed by atoms with van der Waals surface area (Å²) in [6, 6.07) is 5.32. The molecule has 13 heavy (non-hydrogen) atoms. The van der Waals surface area contributed by atoms with E-state index in [1.54, 1.807) is 25.2 Å². The maximum atomic E-state index is 5.86. The second-order valence-electron chi connectivity index (χ2n) is 2.13. The van der Waals surface area contributed by atoms with Crippen molar-refractivity contribution in [2.75, 3.05) is 12.4 Å². The molecule has 1 aromatic carbocycles. The third kappa shape index (κ3) is 3.43. The van der Waals surface area contributed by atoms with E-state index in [1.165, 1.54) is 6.34 Å². The molecule has 0 aliphatic heterocycles. The van der Waals surface area contributed by atoms with E-state index in [0.29, 0.717) is 15.7 Å². The van der Waals surface area contributed by atoms with Crippen LogP contribution in [0.4, 0.5) is 5.69 Å². The van der Waals surface area contributed by atoms with Gasteiger partial charge in [-0.1, -0.05) is 29.3 Å². The highest BCUT2D eigenvalue weighted by Crippen LogP contribution is 2.28. The zero-order valence-electron chi connectivity index (χ0n) is 6.92. The zero-order valence-corrected chi connectivity index (χ0v) is 9.25. The largest absolute Gasteiger partial charge is 0.344 e. The van der Waals surface area contributed by atoms with Gasteiger partial charge in [-0.25, -0.2) is 0 Å². The van der Waals surface area contributed by atoms with Gasteiger partial charge in [0.25, 0.3) is 0 Å². The molecule has 0 saturated heterocycles. The average molecular weight is 240 g/mol. The van der Waals surface area contributed by atoms with Crippen molar-refractivity contribution >= 4 is 47.6 Å². The molecule has 0 spiro atoms. The van der Waals surface area contributed by atoms with E-state index in [4.69, 9.17) is 23.2 Å². The lowest BCUT2D eigenvalue weighted by Crippen LogP contribution is -1.95. The van der Waals surface area contributed by atoms with E-state index in [0.717, 1.165) is 0 Å². The first-order valence-corrected chi connectivity index (χ1v) is 4.12. The Balaban J connectivity index is 0.00000144. The van der Waals surface area contributed by atoms with Gasteiger partial charge in [0.05, 0.1) is 22.1 Å². The molecule has 1 N–H and O–H groups in total. The van der Waals surface area contributed by atoms with E-state index >= 15 is 0 Å². The molecule has 2 nitrogen and oxygen atoms in total. The van der Waals surface area contributed by atoms with Crippen LogP contribution in [0.15, 0.2) is 23.2 Å². The van der Waals surface area contributed by atoms with Crippen molar-refractivity contribution in [3.63, 3.8) is 0 Å². The van der Waals surface area contributed by atoms with Gasteiger partial charge in [-0.05, 0) is 12.1 Å². The number of halogens is 3. The number of aliphatic imine (C=N–C) groups is 1. The molecule has 0 heterocycles. The quantitative estimate of drug-likeness (QED) is 0.620. The molecule has 0 bridgehead atoms. The van der Waals surface area contributed by atoms with Gasteiger partial charge in [-0.3, -0.25) is 4.99 Å². The summed E-state index contributed by atoms with van der Waals surface area (Å²) in [5.74, 6) is 0. The third-order valence-electron chi connectivity index (χ3n) is 1.30. The number of hydrogen-bond donors (Lipinski definition) is 1. The predicted octanol–water partition coefficient (Wildman–Crippen LogP) is 3.49. The predicted molar refractivity (Wildman–Crippen MR) is 61.7 cm³/mol. The van der Waals surface area contributed by atoms with Crippen LogP contribution < -0.4 is 5.32 Å². The number of nitrogens with one attached hydrogen (secondary N) is 1. The van der Waals surface area contributed by atoms with Crippen molar-refractivity contribution in [1.82, 2.24) is 0 Å². The minimum atomic E-state index is 0. The van der Waals surface area contributed by atoms with Crippen molar-refractivity contribution in [1.29, 1.82) is 0 Å². The van der Waals surface area contributed by atoms with Gasteiger partial charge in [0.1, 0.15) is 0 Å². The normalized spacial score (nSPS) is 9.77. The molecule has 0 amide bonds. The first-order chi connectivity index (χ1) is 5.75. The number of nitrogens with zero attached hydrogens (tertiary/aromatic N) is 1. The molecule has 0 aliphatic carbocycles. The van der Waals surface area contributed by atoms with Crippen LogP contribution in [0.3, 0.4) is 0 Å². The summed E-state index contributed by atoms with van der Waals surface area (Å²) in [4.78, 5) is 3.76. The molecule has 72 valence electrons. The fraction of sp³-hybridized carbons (Fsp3) is 0.125. The van der Waals surface area contributed by atoms with E-state index < -0.39 is 0 Å². The molecule has 0 saturated carbocycles. The van der Waals surface area contributed by atoms with Crippen molar-refractivity contribution in [2.24, 2.45) is 4.99 Å². The molecule has 5 heteroatoms. The van der Waals surface area contributed by atoms with Gasteiger partial charge < -0.3 is 5.32 Å². The molecule has 0 fully saturated rings. The van der Waals surface area contributed by atoms with E-state index in [1.807, 2.05) is 0 Å². The lowest BCUT2D eigenvalue weighted by molar-refractivity contribution is 1.46. The summed E-state index contributed by atoms with van der Waals surface area (Å²) in [5, 5.41) is 4.05. The number of hydrogen-bond acceptors (Lipinski definition) is 1. The van der Waals surface area contributed by atoms with E-state index in [-0.39, 0.29) is 12.4 Å². The minimum Gasteiger partial charge on any atom is -0.344 e. The van der Waals surface area contributed by atoms with Crippen LogP contribution in [0, 0.1) is 0 Å². The Hall–Kier alpha value is -0.440. The van der Waals surface area contributed by atoms with Crippen LogP contribution in [0.2, 0.25) is 10.0 Å². The fourth-order valence-electron chi connectivity index (χ4n) is 0.765. The third-order valence-corrected chi connectivity index (χ3v) is 1.93. The molecule has 0 unspecified atom stereocenters. The summed E-state index contributed by atoms with van der Waals surface area (Å²) >= 11 is 11.7. The van der Waals surface area contributed by atoms with Crippen molar-refractivity contribution in [2.45, 2.75) is 0 Å². The maximum absolute atomic E-state index is 5.86. The van der Waals surface area contributed by atoms with Crippen molar-refractivity contribution in [3.8, 4) is 0 Å². The highest BCUT2D eigenvalue weighted by molar-refractivity contribution is 6.39. The highest BCUT2D eigenvalue weighted by Gasteiger charge is 2.01. The van der Waals surface area contributed by atoms with Gasteiger partial charge >= 0.3 is 0 Å². The molecule has 1 rings (SSSR count). The number of rotatable bonds is 2. The first-order valence-electron chi connectivity index (χ1n) is 3.37. The first kappa shape index (κ1) is 12.6. The summed E-state index contributed by atoms with van der Waals surface area (Å²) in [6.45, 7) is 0. The van der Waals surface area contributed by atoms with Gasteiger partial charge in [-0.15, -0.1) is 12.4 Å². The number of benzene rings is 1. The van der Waals surface area contributed by atoms with Gasteiger partial charge in [0, 0.05) is 7.05 Å². The number of anilines is 1. The Morgan fingerprint density at radius 2 is 1.85 bits per heavy atom. The monoisotopic (exact) mass is 238 g/mol. The smallest absolute Gasteiger partial charge is 0.0865 e. The standard InChI is InChI=1S/C8H8Cl2N2.ClH/c1-11-5-12-8-6(9)3-2-4-7(8)10;/h2-5H,1H3,(H,11,12);1H. The SMILES string of the molecule is CN=CNc1c(Cl)cccc1Cl.Cl. The molecule has 0 aromatic heterocycles. The topological polar surface area (TPSA) is 24.4 Å². The van der Waals surface area contributed by atoms with Crippen LogP contribution in [0.1, 0.15) is 0 Å². The lowest BCUT2D eigenvalue weighted by Gasteiger charge is -2.04. The van der Waals surface area contributed by atoms with Crippen LogP contribution in [0.5, 0.6) is 0 Å². The second kappa shape index (κ2) is 6.08. The minimum absolute atomic E-state index is 0. The van der Waals surface area contributed by atoms with E-state index in [9.17, 15) is 0 Å². The summed E-state index contributed by atoms with van der Waals surface area (Å²) in [7, 11) is 1.66. The number of para-hydroxylation sites is 1. The van der Waals surface area contributed by atoms with Gasteiger partial charge in [-0.2, -0.15) is 0 Å². The Morgan fingerprint density at radius 1 is 1.31 bits per heavy atom. The second-order valence-corrected chi connectivity index (χ2v) is 2.94. The molecule has 1 aromatic rings.